The van der Waals surface area contributed by atoms with Crippen molar-refractivity contribution >= 4 is 23.4 Å². The number of nitrogens with zero attached hydrogens (tertiary/aromatic N) is 1. The molecule has 104 valence electrons. The summed E-state index contributed by atoms with van der Waals surface area (Å²) < 4.78 is 0. The molecule has 0 heterocycles. The molecule has 0 saturated carbocycles. The van der Waals surface area contributed by atoms with Crippen LogP contribution in [0.4, 0.5) is 0 Å². The zero-order chi connectivity index (χ0) is 14.4. The van der Waals surface area contributed by atoms with Crippen molar-refractivity contribution in [1.29, 1.82) is 0 Å². The Morgan fingerprint density at radius 1 is 1.26 bits per heavy atom. The van der Waals surface area contributed by atoms with Crippen LogP contribution < -0.4 is 5.32 Å². The minimum absolute atomic E-state index is 0.00995. The Labute approximate surface area is 118 Å². The highest BCUT2D eigenvalue weighted by molar-refractivity contribution is 6.30. The van der Waals surface area contributed by atoms with E-state index < -0.39 is 0 Å². The first-order valence-electron chi connectivity index (χ1n) is 6.22. The van der Waals surface area contributed by atoms with Crippen LogP contribution in [0.15, 0.2) is 24.3 Å². The average Bonchev–Trinajstić information content (AvgIpc) is 2.34. The smallest absolute Gasteiger partial charge is 0.251 e. The average molecular weight is 283 g/mol. The second-order valence-electron chi connectivity index (χ2n) is 4.57. The summed E-state index contributed by atoms with van der Waals surface area (Å²) in [7, 11) is 0. The molecule has 0 radical (unpaired) electrons. The summed E-state index contributed by atoms with van der Waals surface area (Å²) >= 11 is 5.76. The van der Waals surface area contributed by atoms with Gasteiger partial charge in [0.05, 0.1) is 0 Å². The number of carbonyl (C=O) groups is 2. The molecule has 1 N–H and O–H groups in total. The summed E-state index contributed by atoms with van der Waals surface area (Å²) in [5.41, 5.74) is 0.559. The lowest BCUT2D eigenvalue weighted by atomic mass is 10.2. The van der Waals surface area contributed by atoms with Crippen molar-refractivity contribution in [3.63, 3.8) is 0 Å². The molecule has 0 atom stereocenters. The summed E-state index contributed by atoms with van der Waals surface area (Å²) in [5.74, 6) is -0.153. The Morgan fingerprint density at radius 3 is 2.32 bits per heavy atom. The Balaban J connectivity index is 2.46. The quantitative estimate of drug-likeness (QED) is 0.901. The van der Waals surface area contributed by atoms with Gasteiger partial charge in [-0.05, 0) is 38.1 Å². The van der Waals surface area contributed by atoms with Gasteiger partial charge in [0.1, 0.15) is 0 Å². The lowest BCUT2D eigenvalue weighted by Gasteiger charge is -2.25. The fraction of sp³-hybridized carbons (Fsp3) is 0.429. The molecule has 1 aromatic carbocycles. The maximum Gasteiger partial charge on any atom is 0.251 e. The topological polar surface area (TPSA) is 49.4 Å². The van der Waals surface area contributed by atoms with Crippen LogP contribution >= 0.6 is 11.6 Å². The molecular formula is C14H19ClN2O2. The highest BCUT2D eigenvalue weighted by Crippen LogP contribution is 2.09. The van der Waals surface area contributed by atoms with Crippen LogP contribution in [0.25, 0.3) is 0 Å². The van der Waals surface area contributed by atoms with Gasteiger partial charge in [-0.2, -0.15) is 0 Å². The number of nitrogens with one attached hydrogen (secondary N) is 1. The van der Waals surface area contributed by atoms with Crippen molar-refractivity contribution in [2.45, 2.75) is 26.8 Å². The number of rotatable bonds is 5. The minimum atomic E-state index is -0.163. The van der Waals surface area contributed by atoms with E-state index in [9.17, 15) is 9.59 Å². The van der Waals surface area contributed by atoms with Gasteiger partial charge in [0.25, 0.3) is 5.91 Å². The fourth-order valence-electron chi connectivity index (χ4n) is 1.77. The lowest BCUT2D eigenvalue weighted by Crippen LogP contribution is -2.41. The van der Waals surface area contributed by atoms with Gasteiger partial charge in [-0.3, -0.25) is 9.59 Å². The Bertz CT molecular complexity index is 443. The highest BCUT2D eigenvalue weighted by Gasteiger charge is 2.12. The highest BCUT2D eigenvalue weighted by atomic mass is 35.5. The van der Waals surface area contributed by atoms with E-state index in [4.69, 9.17) is 11.6 Å². The van der Waals surface area contributed by atoms with Crippen LogP contribution in [0, 0.1) is 0 Å². The summed E-state index contributed by atoms with van der Waals surface area (Å²) in [6, 6.07) is 6.81. The summed E-state index contributed by atoms with van der Waals surface area (Å²) in [6.07, 6.45) is 0. The molecule has 19 heavy (non-hydrogen) atoms. The molecular weight excluding hydrogens is 264 g/mol. The number of benzene rings is 1. The first-order valence-corrected chi connectivity index (χ1v) is 6.60. The number of hydrogen-bond acceptors (Lipinski definition) is 2. The first kappa shape index (κ1) is 15.5. The standard InChI is InChI=1S/C14H19ClN2O2/c1-10(2)17(11(3)18)9-8-16-14(19)12-4-6-13(15)7-5-12/h4-7,10H,8-9H2,1-3H3,(H,16,19). The van der Waals surface area contributed by atoms with E-state index >= 15 is 0 Å². The molecule has 0 aliphatic carbocycles. The van der Waals surface area contributed by atoms with Gasteiger partial charge in [-0.1, -0.05) is 11.6 Å². The van der Waals surface area contributed by atoms with E-state index in [1.807, 2.05) is 13.8 Å². The zero-order valence-electron chi connectivity index (χ0n) is 11.4. The van der Waals surface area contributed by atoms with Gasteiger partial charge in [0, 0.05) is 36.6 Å². The van der Waals surface area contributed by atoms with Gasteiger partial charge in [-0.15, -0.1) is 0 Å². The predicted octanol–water partition coefficient (Wildman–Crippen LogP) is 2.33. The Kier molecular flexibility index (Phi) is 5.83. The minimum Gasteiger partial charge on any atom is -0.350 e. The Morgan fingerprint density at radius 2 is 1.84 bits per heavy atom. The van der Waals surface area contributed by atoms with Crippen LogP contribution in [-0.2, 0) is 4.79 Å². The van der Waals surface area contributed by atoms with Crippen molar-refractivity contribution in [3.8, 4) is 0 Å². The maximum absolute atomic E-state index is 11.8. The molecule has 1 rings (SSSR count). The third-order valence-corrected chi connectivity index (χ3v) is 3.02. The number of hydrogen-bond donors (Lipinski definition) is 1. The van der Waals surface area contributed by atoms with E-state index in [0.29, 0.717) is 23.7 Å². The summed E-state index contributed by atoms with van der Waals surface area (Å²) in [5, 5.41) is 3.38. The van der Waals surface area contributed by atoms with E-state index in [1.54, 1.807) is 29.2 Å². The number of halogens is 1. The molecule has 0 aliphatic rings. The molecule has 0 bridgehead atoms. The van der Waals surface area contributed by atoms with Crippen LogP contribution in [0.1, 0.15) is 31.1 Å². The third-order valence-electron chi connectivity index (χ3n) is 2.77. The second kappa shape index (κ2) is 7.14. The molecule has 0 fully saturated rings. The third kappa shape index (κ3) is 4.91. The summed E-state index contributed by atoms with van der Waals surface area (Å²) in [6.45, 7) is 6.36. The molecule has 0 saturated heterocycles. The zero-order valence-corrected chi connectivity index (χ0v) is 12.2. The van der Waals surface area contributed by atoms with Crippen LogP contribution in [0.3, 0.4) is 0 Å². The van der Waals surface area contributed by atoms with Crippen molar-refractivity contribution in [2.75, 3.05) is 13.1 Å². The van der Waals surface area contributed by atoms with E-state index in [-0.39, 0.29) is 17.9 Å². The monoisotopic (exact) mass is 282 g/mol. The van der Waals surface area contributed by atoms with E-state index in [0.717, 1.165) is 0 Å². The van der Waals surface area contributed by atoms with Gasteiger partial charge in [0.2, 0.25) is 5.91 Å². The molecule has 0 aromatic heterocycles. The SMILES string of the molecule is CC(=O)N(CCNC(=O)c1ccc(Cl)cc1)C(C)C. The van der Waals surface area contributed by atoms with Gasteiger partial charge in [0.15, 0.2) is 0 Å². The second-order valence-corrected chi connectivity index (χ2v) is 5.01. The van der Waals surface area contributed by atoms with Crippen molar-refractivity contribution in [2.24, 2.45) is 0 Å². The van der Waals surface area contributed by atoms with Crippen LogP contribution in [-0.4, -0.2) is 35.8 Å². The van der Waals surface area contributed by atoms with E-state index in [1.165, 1.54) is 6.92 Å². The normalized spacial score (nSPS) is 10.4. The van der Waals surface area contributed by atoms with Crippen molar-refractivity contribution in [3.05, 3.63) is 34.9 Å². The molecule has 0 unspecified atom stereocenters. The van der Waals surface area contributed by atoms with Gasteiger partial charge >= 0.3 is 0 Å². The Hall–Kier alpha value is -1.55. The molecule has 2 amide bonds. The molecule has 0 aliphatic heterocycles. The van der Waals surface area contributed by atoms with Crippen LogP contribution in [0.2, 0.25) is 5.02 Å². The molecule has 5 heteroatoms. The predicted molar refractivity (Wildman–Crippen MR) is 76.3 cm³/mol. The number of carbonyl (C=O) groups excluding carboxylic acids is 2. The summed E-state index contributed by atoms with van der Waals surface area (Å²) in [4.78, 5) is 24.9. The van der Waals surface area contributed by atoms with Crippen LogP contribution in [0.5, 0.6) is 0 Å². The maximum atomic E-state index is 11.8. The van der Waals surface area contributed by atoms with E-state index in [2.05, 4.69) is 5.32 Å². The molecule has 0 spiro atoms. The largest absolute Gasteiger partial charge is 0.350 e. The first-order chi connectivity index (χ1) is 8.91. The van der Waals surface area contributed by atoms with Crippen molar-refractivity contribution in [1.82, 2.24) is 10.2 Å². The fourth-order valence-corrected chi connectivity index (χ4v) is 1.90. The van der Waals surface area contributed by atoms with Gasteiger partial charge < -0.3 is 10.2 Å². The van der Waals surface area contributed by atoms with Gasteiger partial charge in [-0.25, -0.2) is 0 Å². The molecule has 1 aromatic rings. The molecule has 4 nitrogen and oxygen atoms in total. The lowest BCUT2D eigenvalue weighted by molar-refractivity contribution is -0.130. The van der Waals surface area contributed by atoms with Crippen molar-refractivity contribution < 1.29 is 9.59 Å². The number of amides is 2.